The molecule has 0 radical (unpaired) electrons. The number of anilines is 2. The molecule has 5 rings (SSSR count). The molecule has 1 atom stereocenters. The minimum atomic E-state index is 0.0900. The van der Waals surface area contributed by atoms with Crippen molar-refractivity contribution in [3.05, 3.63) is 71.8 Å². The van der Waals surface area contributed by atoms with Crippen LogP contribution in [-0.4, -0.2) is 58.0 Å². The van der Waals surface area contributed by atoms with Gasteiger partial charge in [0.25, 0.3) is 5.91 Å². The van der Waals surface area contributed by atoms with Gasteiger partial charge in [0.15, 0.2) is 11.5 Å². The van der Waals surface area contributed by atoms with Gasteiger partial charge in [0.2, 0.25) is 0 Å². The first-order valence-corrected chi connectivity index (χ1v) is 12.2. The molecule has 3 N–H and O–H groups in total. The predicted molar refractivity (Wildman–Crippen MR) is 138 cm³/mol. The molecule has 1 amide bonds. The van der Waals surface area contributed by atoms with E-state index in [1.165, 1.54) is 0 Å². The van der Waals surface area contributed by atoms with E-state index in [1.807, 2.05) is 46.8 Å². The number of carbonyl (C=O) groups is 1. The number of piperidine rings is 1. The number of allylic oxidation sites excluding steroid dienone is 2. The van der Waals surface area contributed by atoms with Crippen molar-refractivity contribution in [1.82, 2.24) is 19.3 Å². The molecule has 1 aromatic carbocycles. The Morgan fingerprint density at radius 2 is 2.09 bits per heavy atom. The summed E-state index contributed by atoms with van der Waals surface area (Å²) in [7, 11) is 1.72. The van der Waals surface area contributed by atoms with Crippen LogP contribution in [-0.2, 0) is 4.74 Å². The fourth-order valence-corrected chi connectivity index (χ4v) is 4.85. The van der Waals surface area contributed by atoms with E-state index in [1.54, 1.807) is 13.3 Å². The summed E-state index contributed by atoms with van der Waals surface area (Å²) in [5, 5.41) is 3.39. The van der Waals surface area contributed by atoms with Crippen LogP contribution in [0.1, 0.15) is 40.9 Å². The molecule has 0 bridgehead atoms. The molecule has 1 fully saturated rings. The standard InChI is InChI=1S/C27H32N6O2/c1-18-15-21(5-8-23(18)27(34)32-12-9-19(16-28)10-13-32)31-25-26-30-17-24(33(26)14-11-29-25)20-3-6-22(35-2)7-4-20/h3-6,8,11,14-15,17,19,22H,7,9-10,12-13,16,28H2,1-2H3,(H,29,31). The molecule has 2 aromatic heterocycles. The van der Waals surface area contributed by atoms with E-state index in [-0.39, 0.29) is 12.0 Å². The summed E-state index contributed by atoms with van der Waals surface area (Å²) in [6, 6.07) is 5.82. The smallest absolute Gasteiger partial charge is 0.254 e. The van der Waals surface area contributed by atoms with E-state index in [9.17, 15) is 4.79 Å². The van der Waals surface area contributed by atoms with Crippen molar-refractivity contribution in [2.45, 2.75) is 32.3 Å². The average Bonchev–Trinajstić information content (AvgIpc) is 3.34. The molecule has 0 spiro atoms. The number of hydrogen-bond donors (Lipinski definition) is 2. The van der Waals surface area contributed by atoms with Crippen molar-refractivity contribution < 1.29 is 9.53 Å². The molecule has 3 aromatic rings. The number of nitrogens with zero attached hydrogens (tertiary/aromatic N) is 4. The molecule has 1 saturated heterocycles. The maximum atomic E-state index is 13.1. The monoisotopic (exact) mass is 472 g/mol. The number of benzene rings is 1. The van der Waals surface area contributed by atoms with Crippen LogP contribution < -0.4 is 11.1 Å². The van der Waals surface area contributed by atoms with Crippen LogP contribution >= 0.6 is 0 Å². The van der Waals surface area contributed by atoms with Crippen LogP contribution in [0.4, 0.5) is 11.5 Å². The van der Waals surface area contributed by atoms with Crippen molar-refractivity contribution in [1.29, 1.82) is 0 Å². The summed E-state index contributed by atoms with van der Waals surface area (Å²) in [5.41, 5.74) is 11.2. The molecule has 1 aliphatic carbocycles. The molecule has 2 aliphatic rings. The van der Waals surface area contributed by atoms with Crippen molar-refractivity contribution in [2.75, 3.05) is 32.1 Å². The molecule has 182 valence electrons. The van der Waals surface area contributed by atoms with Gasteiger partial charge in [0, 0.05) is 43.8 Å². The Morgan fingerprint density at radius 1 is 1.26 bits per heavy atom. The lowest BCUT2D eigenvalue weighted by Gasteiger charge is -2.31. The number of hydrogen-bond acceptors (Lipinski definition) is 6. The number of methoxy groups -OCH3 is 1. The number of ether oxygens (including phenoxy) is 1. The van der Waals surface area contributed by atoms with E-state index in [0.717, 1.165) is 66.1 Å². The van der Waals surface area contributed by atoms with Gasteiger partial charge < -0.3 is 20.7 Å². The topological polar surface area (TPSA) is 97.8 Å². The van der Waals surface area contributed by atoms with E-state index in [2.05, 4.69) is 33.5 Å². The normalized spacial score (nSPS) is 18.7. The van der Waals surface area contributed by atoms with Crippen LogP contribution in [0.25, 0.3) is 11.2 Å². The Labute approximate surface area is 205 Å². The van der Waals surface area contributed by atoms with Gasteiger partial charge >= 0.3 is 0 Å². The van der Waals surface area contributed by atoms with Gasteiger partial charge in [-0.3, -0.25) is 9.20 Å². The lowest BCUT2D eigenvalue weighted by molar-refractivity contribution is 0.0692. The van der Waals surface area contributed by atoms with Crippen LogP contribution in [0, 0.1) is 12.8 Å². The molecule has 8 heteroatoms. The summed E-state index contributed by atoms with van der Waals surface area (Å²) >= 11 is 0. The van der Waals surface area contributed by atoms with Crippen molar-refractivity contribution in [2.24, 2.45) is 11.7 Å². The minimum Gasteiger partial charge on any atom is -0.377 e. The quantitative estimate of drug-likeness (QED) is 0.564. The number of carbonyl (C=O) groups excluding carboxylic acids is 1. The second-order valence-corrected chi connectivity index (χ2v) is 9.27. The van der Waals surface area contributed by atoms with Crippen molar-refractivity contribution >= 4 is 28.6 Å². The van der Waals surface area contributed by atoms with Gasteiger partial charge in [-0.2, -0.15) is 0 Å². The van der Waals surface area contributed by atoms with Crippen LogP contribution in [0.3, 0.4) is 0 Å². The Bertz CT molecular complexity index is 1290. The van der Waals surface area contributed by atoms with Gasteiger partial charge in [0.05, 0.1) is 18.0 Å². The second-order valence-electron chi connectivity index (χ2n) is 9.27. The third-order valence-corrected chi connectivity index (χ3v) is 7.04. The third kappa shape index (κ3) is 4.72. The first-order chi connectivity index (χ1) is 17.1. The van der Waals surface area contributed by atoms with E-state index >= 15 is 0 Å². The second kappa shape index (κ2) is 10.0. The van der Waals surface area contributed by atoms with Gasteiger partial charge in [-0.1, -0.05) is 18.2 Å². The number of aryl methyl sites for hydroxylation is 1. The lowest BCUT2D eigenvalue weighted by Crippen LogP contribution is -2.40. The summed E-state index contributed by atoms with van der Waals surface area (Å²) in [4.78, 5) is 24.2. The Balaban J connectivity index is 1.34. The number of fused-ring (bicyclic) bond motifs is 1. The molecule has 1 aliphatic heterocycles. The molecule has 1 unspecified atom stereocenters. The van der Waals surface area contributed by atoms with Crippen molar-refractivity contribution in [3.63, 3.8) is 0 Å². The summed E-state index contributed by atoms with van der Waals surface area (Å²) in [5.74, 6) is 1.28. The number of aromatic nitrogens is 3. The largest absolute Gasteiger partial charge is 0.377 e. The summed E-state index contributed by atoms with van der Waals surface area (Å²) < 4.78 is 7.44. The number of likely N-dealkylation sites (tertiary alicyclic amines) is 1. The number of rotatable bonds is 6. The zero-order valence-corrected chi connectivity index (χ0v) is 20.3. The molecular formula is C27H32N6O2. The maximum Gasteiger partial charge on any atom is 0.254 e. The van der Waals surface area contributed by atoms with E-state index < -0.39 is 0 Å². The average molecular weight is 473 g/mol. The zero-order valence-electron chi connectivity index (χ0n) is 20.3. The first kappa shape index (κ1) is 23.3. The fraction of sp³-hybridized carbons (Fsp3) is 0.370. The van der Waals surface area contributed by atoms with Crippen molar-refractivity contribution in [3.8, 4) is 0 Å². The number of imidazole rings is 1. The highest BCUT2D eigenvalue weighted by molar-refractivity contribution is 5.96. The minimum absolute atomic E-state index is 0.0900. The van der Waals surface area contributed by atoms with Crippen LogP contribution in [0.5, 0.6) is 0 Å². The highest BCUT2D eigenvalue weighted by atomic mass is 16.5. The SMILES string of the molecule is COC1C=CC(c2cnc3c(Nc4ccc(C(=O)N5CCC(CN)CC5)c(C)c4)nccn23)=CC1. The van der Waals surface area contributed by atoms with Gasteiger partial charge in [-0.25, -0.2) is 9.97 Å². The number of nitrogens with two attached hydrogens (primary N) is 1. The third-order valence-electron chi connectivity index (χ3n) is 7.04. The molecule has 3 heterocycles. The van der Waals surface area contributed by atoms with Gasteiger partial charge in [0.1, 0.15) is 0 Å². The maximum absolute atomic E-state index is 13.1. The molecular weight excluding hydrogens is 440 g/mol. The van der Waals surface area contributed by atoms with Gasteiger partial charge in [-0.15, -0.1) is 0 Å². The predicted octanol–water partition coefficient (Wildman–Crippen LogP) is 3.95. The Kier molecular flexibility index (Phi) is 6.66. The zero-order chi connectivity index (χ0) is 24.4. The molecule has 35 heavy (non-hydrogen) atoms. The van der Waals surface area contributed by atoms with E-state index in [4.69, 9.17) is 10.5 Å². The highest BCUT2D eigenvalue weighted by Crippen LogP contribution is 2.27. The van der Waals surface area contributed by atoms with Crippen LogP contribution in [0.15, 0.2) is 55.0 Å². The highest BCUT2D eigenvalue weighted by Gasteiger charge is 2.24. The Morgan fingerprint density at radius 3 is 2.77 bits per heavy atom. The summed E-state index contributed by atoms with van der Waals surface area (Å²) in [6.07, 6.45) is 14.8. The Hall–Kier alpha value is -3.49. The van der Waals surface area contributed by atoms with Crippen LogP contribution in [0.2, 0.25) is 0 Å². The molecule has 8 nitrogen and oxygen atoms in total. The number of nitrogens with one attached hydrogen (secondary N) is 1. The lowest BCUT2D eigenvalue weighted by atomic mass is 9.96. The fourth-order valence-electron chi connectivity index (χ4n) is 4.85. The first-order valence-electron chi connectivity index (χ1n) is 12.2. The van der Waals surface area contributed by atoms with Gasteiger partial charge in [-0.05, 0) is 68.0 Å². The molecule has 0 saturated carbocycles. The summed E-state index contributed by atoms with van der Waals surface area (Å²) in [6.45, 7) is 4.21. The van der Waals surface area contributed by atoms with E-state index in [0.29, 0.717) is 18.3 Å². The number of amides is 1.